The maximum Gasteiger partial charge on any atom is 0.322 e. The van der Waals surface area contributed by atoms with Gasteiger partial charge in [-0.05, 0) is 54.1 Å². The summed E-state index contributed by atoms with van der Waals surface area (Å²) < 4.78 is 7.46. The van der Waals surface area contributed by atoms with E-state index < -0.39 is 0 Å². The maximum absolute atomic E-state index is 13.0. The molecule has 1 atom stereocenters. The van der Waals surface area contributed by atoms with Crippen LogP contribution in [0.4, 0.5) is 10.5 Å². The summed E-state index contributed by atoms with van der Waals surface area (Å²) in [7, 11) is 1.65. The maximum atomic E-state index is 13.0. The summed E-state index contributed by atoms with van der Waals surface area (Å²) in [5.41, 5.74) is 2.86. The zero-order valence-corrected chi connectivity index (χ0v) is 15.7. The van der Waals surface area contributed by atoms with Crippen LogP contribution in [0.2, 0.25) is 5.02 Å². The Morgan fingerprint density at radius 1 is 1.07 bits per heavy atom. The van der Waals surface area contributed by atoms with E-state index in [1.807, 2.05) is 35.2 Å². The molecule has 1 aromatic heterocycles. The molecule has 1 aliphatic heterocycles. The fourth-order valence-electron chi connectivity index (χ4n) is 3.47. The van der Waals surface area contributed by atoms with Gasteiger partial charge in [0.25, 0.3) is 0 Å². The van der Waals surface area contributed by atoms with Crippen molar-refractivity contribution in [1.29, 1.82) is 0 Å². The number of methoxy groups -OCH3 is 1. The highest BCUT2D eigenvalue weighted by Crippen LogP contribution is 2.33. The van der Waals surface area contributed by atoms with Crippen molar-refractivity contribution < 1.29 is 9.53 Å². The highest BCUT2D eigenvalue weighted by atomic mass is 35.5. The normalized spacial score (nSPS) is 15.9. The standard InChI is InChI=1S/C21H20ClN3O2/c1-27-18-10-4-15(5-11-18)20-19-3-2-12-24(19)13-14-25(20)21(26)23-17-8-6-16(22)7-9-17/h2-12,20H,13-14H2,1H3,(H,23,26)/t20-/m1/s1. The minimum Gasteiger partial charge on any atom is -0.497 e. The number of nitrogens with one attached hydrogen (secondary N) is 1. The molecule has 1 aliphatic rings. The van der Waals surface area contributed by atoms with Gasteiger partial charge in [0.05, 0.1) is 13.2 Å². The number of benzene rings is 2. The van der Waals surface area contributed by atoms with Crippen LogP contribution in [-0.2, 0) is 6.54 Å². The first-order valence-corrected chi connectivity index (χ1v) is 9.15. The van der Waals surface area contributed by atoms with Crippen molar-refractivity contribution >= 4 is 23.3 Å². The number of fused-ring (bicyclic) bond motifs is 1. The number of rotatable bonds is 3. The molecular weight excluding hydrogens is 362 g/mol. The van der Waals surface area contributed by atoms with E-state index in [9.17, 15) is 4.79 Å². The molecule has 0 aliphatic carbocycles. The summed E-state index contributed by atoms with van der Waals surface area (Å²) in [6.45, 7) is 1.39. The number of halogens is 1. The van der Waals surface area contributed by atoms with Gasteiger partial charge >= 0.3 is 6.03 Å². The lowest BCUT2D eigenvalue weighted by atomic mass is 10.00. The minimum atomic E-state index is -0.160. The van der Waals surface area contributed by atoms with Gasteiger partial charge in [0, 0.05) is 35.7 Å². The van der Waals surface area contributed by atoms with Crippen LogP contribution >= 0.6 is 11.6 Å². The van der Waals surface area contributed by atoms with Crippen LogP contribution in [0.15, 0.2) is 66.9 Å². The molecule has 27 heavy (non-hydrogen) atoms. The van der Waals surface area contributed by atoms with Gasteiger partial charge in [-0.2, -0.15) is 0 Å². The van der Waals surface area contributed by atoms with Gasteiger partial charge in [-0.3, -0.25) is 0 Å². The first kappa shape index (κ1) is 17.5. The number of nitrogens with zero attached hydrogens (tertiary/aromatic N) is 2. The second-order valence-corrected chi connectivity index (χ2v) is 6.87. The Morgan fingerprint density at radius 3 is 2.52 bits per heavy atom. The van der Waals surface area contributed by atoms with E-state index in [2.05, 4.69) is 22.1 Å². The predicted octanol–water partition coefficient (Wildman–Crippen LogP) is 4.79. The van der Waals surface area contributed by atoms with Crippen molar-refractivity contribution in [1.82, 2.24) is 9.47 Å². The van der Waals surface area contributed by atoms with Crippen LogP contribution in [0.1, 0.15) is 17.3 Å². The fraction of sp³-hybridized carbons (Fsp3) is 0.190. The third kappa shape index (κ3) is 3.51. The van der Waals surface area contributed by atoms with Crippen LogP contribution in [0, 0.1) is 0 Å². The Hall–Kier alpha value is -2.92. The number of carbonyl (C=O) groups excluding carboxylic acids is 1. The lowest BCUT2D eigenvalue weighted by molar-refractivity contribution is 0.182. The number of ether oxygens (including phenoxy) is 1. The van der Waals surface area contributed by atoms with E-state index in [1.165, 1.54) is 0 Å². The summed E-state index contributed by atoms with van der Waals surface area (Å²) in [6, 6.07) is 18.8. The molecule has 0 radical (unpaired) electrons. The van der Waals surface area contributed by atoms with Gasteiger partial charge in [0.1, 0.15) is 5.75 Å². The topological polar surface area (TPSA) is 46.5 Å². The number of hydrogen-bond donors (Lipinski definition) is 1. The Balaban J connectivity index is 1.65. The van der Waals surface area contributed by atoms with Gasteiger partial charge in [-0.15, -0.1) is 0 Å². The first-order chi connectivity index (χ1) is 13.2. The van der Waals surface area contributed by atoms with Gasteiger partial charge in [0.2, 0.25) is 0 Å². The summed E-state index contributed by atoms with van der Waals surface area (Å²) in [5, 5.41) is 3.62. The Labute approximate surface area is 163 Å². The molecule has 4 rings (SSSR count). The lowest BCUT2D eigenvalue weighted by Crippen LogP contribution is -2.44. The molecule has 2 heterocycles. The van der Waals surface area contributed by atoms with Crippen LogP contribution in [-0.4, -0.2) is 29.2 Å². The Kier molecular flexibility index (Phi) is 4.77. The third-order valence-corrected chi connectivity index (χ3v) is 5.08. The number of carbonyl (C=O) groups is 1. The monoisotopic (exact) mass is 381 g/mol. The average Bonchev–Trinajstić information content (AvgIpc) is 3.18. The summed E-state index contributed by atoms with van der Waals surface area (Å²) in [6.07, 6.45) is 2.06. The van der Waals surface area contributed by atoms with Crippen molar-refractivity contribution in [2.75, 3.05) is 19.0 Å². The third-order valence-electron chi connectivity index (χ3n) is 4.83. The van der Waals surface area contributed by atoms with Crippen LogP contribution in [0.5, 0.6) is 5.75 Å². The molecule has 0 unspecified atom stereocenters. The zero-order chi connectivity index (χ0) is 18.8. The van der Waals surface area contributed by atoms with Crippen LogP contribution in [0.3, 0.4) is 0 Å². The SMILES string of the molecule is COc1ccc([C@@H]2c3cccn3CCN2C(=O)Nc2ccc(Cl)cc2)cc1. The molecule has 0 spiro atoms. The second-order valence-electron chi connectivity index (χ2n) is 6.43. The quantitative estimate of drug-likeness (QED) is 0.709. The molecule has 0 bridgehead atoms. The van der Waals surface area contributed by atoms with Gasteiger partial charge < -0.3 is 19.5 Å². The van der Waals surface area contributed by atoms with Crippen molar-refractivity contribution in [2.45, 2.75) is 12.6 Å². The molecule has 2 amide bonds. The molecule has 3 aromatic rings. The zero-order valence-electron chi connectivity index (χ0n) is 14.9. The fourth-order valence-corrected chi connectivity index (χ4v) is 3.59. The largest absolute Gasteiger partial charge is 0.497 e. The van der Waals surface area contributed by atoms with Gasteiger partial charge in [-0.25, -0.2) is 4.79 Å². The van der Waals surface area contributed by atoms with Gasteiger partial charge in [-0.1, -0.05) is 23.7 Å². The second kappa shape index (κ2) is 7.37. The molecule has 5 nitrogen and oxygen atoms in total. The van der Waals surface area contributed by atoms with Crippen molar-refractivity contribution in [3.63, 3.8) is 0 Å². The lowest BCUT2D eigenvalue weighted by Gasteiger charge is -2.37. The summed E-state index contributed by atoms with van der Waals surface area (Å²) >= 11 is 5.93. The van der Waals surface area contributed by atoms with Crippen LogP contribution in [0.25, 0.3) is 0 Å². The van der Waals surface area contributed by atoms with Crippen molar-refractivity contribution in [2.24, 2.45) is 0 Å². The molecule has 138 valence electrons. The van der Waals surface area contributed by atoms with E-state index in [0.29, 0.717) is 11.6 Å². The van der Waals surface area contributed by atoms with E-state index in [0.717, 1.165) is 29.2 Å². The highest BCUT2D eigenvalue weighted by Gasteiger charge is 2.32. The summed E-state index contributed by atoms with van der Waals surface area (Å²) in [5.74, 6) is 0.794. The minimum absolute atomic E-state index is 0.134. The number of hydrogen-bond acceptors (Lipinski definition) is 2. The predicted molar refractivity (Wildman–Crippen MR) is 106 cm³/mol. The van der Waals surface area contributed by atoms with Gasteiger partial charge in [0.15, 0.2) is 0 Å². The number of aromatic nitrogens is 1. The molecule has 0 fully saturated rings. The van der Waals surface area contributed by atoms with Crippen molar-refractivity contribution in [3.05, 3.63) is 83.1 Å². The number of anilines is 1. The van der Waals surface area contributed by atoms with E-state index in [4.69, 9.17) is 16.3 Å². The molecule has 1 N–H and O–H groups in total. The molecule has 0 saturated heterocycles. The number of amides is 2. The van der Waals surface area contributed by atoms with E-state index >= 15 is 0 Å². The number of urea groups is 1. The first-order valence-electron chi connectivity index (χ1n) is 8.78. The van der Waals surface area contributed by atoms with E-state index in [-0.39, 0.29) is 12.1 Å². The van der Waals surface area contributed by atoms with Crippen molar-refractivity contribution in [3.8, 4) is 5.75 Å². The molecular formula is C21H20ClN3O2. The Bertz CT molecular complexity index is 935. The van der Waals surface area contributed by atoms with E-state index in [1.54, 1.807) is 31.4 Å². The molecule has 0 saturated carbocycles. The summed E-state index contributed by atoms with van der Waals surface area (Å²) in [4.78, 5) is 14.9. The Morgan fingerprint density at radius 2 is 1.81 bits per heavy atom. The molecule has 2 aromatic carbocycles. The smallest absolute Gasteiger partial charge is 0.322 e. The highest BCUT2D eigenvalue weighted by molar-refractivity contribution is 6.30. The molecule has 6 heteroatoms. The average molecular weight is 382 g/mol. The van der Waals surface area contributed by atoms with Crippen LogP contribution < -0.4 is 10.1 Å².